The predicted molar refractivity (Wildman–Crippen MR) is 99.5 cm³/mol. The van der Waals surface area contributed by atoms with Crippen molar-refractivity contribution in [3.63, 3.8) is 0 Å². The van der Waals surface area contributed by atoms with Crippen LogP contribution in [0.4, 0.5) is 0 Å². The Balaban J connectivity index is 1.91. The van der Waals surface area contributed by atoms with Gasteiger partial charge in [-0.2, -0.15) is 0 Å². The quantitative estimate of drug-likeness (QED) is 0.565. The van der Waals surface area contributed by atoms with Gasteiger partial charge in [0, 0.05) is 13.1 Å². The molecule has 138 valence electrons. The Hall–Kier alpha value is -0.950. The van der Waals surface area contributed by atoms with Crippen molar-refractivity contribution in [2.45, 2.75) is 51.4 Å². The Kier molecular flexibility index (Phi) is 9.51. The average molecular weight is 357 g/mol. The molecule has 0 saturated carbocycles. The lowest BCUT2D eigenvalue weighted by molar-refractivity contribution is 0.123. The van der Waals surface area contributed by atoms with Gasteiger partial charge in [-0.25, -0.2) is 13.1 Å². The van der Waals surface area contributed by atoms with Crippen molar-refractivity contribution < 1.29 is 13.2 Å². The van der Waals surface area contributed by atoms with Crippen LogP contribution in [0, 0.1) is 0 Å². The van der Waals surface area contributed by atoms with Gasteiger partial charge < -0.3 is 10.1 Å². The molecule has 0 spiro atoms. The Bertz CT molecular complexity index is 539. The molecule has 0 radical (unpaired) electrons. The lowest BCUT2D eigenvalue weighted by atomic mass is 10.2. The molecule has 0 saturated heterocycles. The lowest BCUT2D eigenvalue weighted by Gasteiger charge is -2.19. The molecule has 1 rings (SSSR count). The summed E-state index contributed by atoms with van der Waals surface area (Å²) >= 11 is 0. The largest absolute Gasteiger partial charge is 0.375 e. The van der Waals surface area contributed by atoms with Crippen molar-refractivity contribution in [1.82, 2.24) is 10.0 Å². The zero-order valence-electron chi connectivity index (χ0n) is 15.2. The number of rotatable bonds is 12. The molecule has 1 aromatic carbocycles. The molecule has 0 bridgehead atoms. The van der Waals surface area contributed by atoms with Crippen molar-refractivity contribution in [2.75, 3.05) is 26.2 Å². The van der Waals surface area contributed by atoms with Crippen LogP contribution in [0.15, 0.2) is 30.3 Å². The highest BCUT2D eigenvalue weighted by atomic mass is 32.2. The first-order valence-corrected chi connectivity index (χ1v) is 10.1. The monoisotopic (exact) mass is 356 g/mol. The van der Waals surface area contributed by atoms with Gasteiger partial charge in [-0.3, -0.25) is 0 Å². The molecule has 2 N–H and O–H groups in total. The highest BCUT2D eigenvalue weighted by molar-refractivity contribution is 7.90. The fourth-order valence-corrected chi connectivity index (χ4v) is 2.85. The second kappa shape index (κ2) is 10.8. The van der Waals surface area contributed by atoms with E-state index < -0.39 is 14.8 Å². The van der Waals surface area contributed by atoms with Crippen molar-refractivity contribution in [1.29, 1.82) is 0 Å². The molecule has 0 heterocycles. The van der Waals surface area contributed by atoms with Gasteiger partial charge in [0.15, 0.2) is 0 Å². The maximum Gasteiger partial charge on any atom is 0.216 e. The average Bonchev–Trinajstić information content (AvgIpc) is 2.52. The maximum atomic E-state index is 11.9. The van der Waals surface area contributed by atoms with Gasteiger partial charge in [-0.1, -0.05) is 36.8 Å². The van der Waals surface area contributed by atoms with Gasteiger partial charge in [0.25, 0.3) is 0 Å². The van der Waals surface area contributed by atoms with E-state index in [4.69, 9.17) is 4.74 Å². The Labute approximate surface area is 147 Å². The zero-order valence-corrected chi connectivity index (χ0v) is 16.0. The molecule has 0 unspecified atom stereocenters. The van der Waals surface area contributed by atoms with Crippen molar-refractivity contribution >= 4 is 10.0 Å². The third kappa shape index (κ3) is 8.78. The Morgan fingerprint density at radius 3 is 2.29 bits per heavy atom. The molecule has 0 atom stereocenters. The van der Waals surface area contributed by atoms with Crippen molar-refractivity contribution in [2.24, 2.45) is 0 Å². The van der Waals surface area contributed by atoms with Crippen LogP contribution < -0.4 is 10.0 Å². The van der Waals surface area contributed by atoms with Crippen LogP contribution in [-0.4, -0.2) is 39.4 Å². The van der Waals surface area contributed by atoms with Crippen LogP contribution >= 0.6 is 0 Å². The molecule has 0 aliphatic heterocycles. The Morgan fingerprint density at radius 2 is 1.62 bits per heavy atom. The molecule has 0 aliphatic rings. The molecule has 5 nitrogen and oxygen atoms in total. The minimum absolute atomic E-state index is 0.514. The summed E-state index contributed by atoms with van der Waals surface area (Å²) in [4.78, 5) is 0. The van der Waals surface area contributed by atoms with Gasteiger partial charge in [0.1, 0.15) is 0 Å². The predicted octanol–water partition coefficient (Wildman–Crippen LogP) is 2.68. The third-order valence-electron chi connectivity index (χ3n) is 3.66. The first-order valence-electron chi connectivity index (χ1n) is 8.64. The minimum atomic E-state index is -3.21. The van der Waals surface area contributed by atoms with Gasteiger partial charge in [0.05, 0.1) is 18.0 Å². The second-order valence-electron chi connectivity index (χ2n) is 6.86. The van der Waals surface area contributed by atoms with Crippen LogP contribution in [0.25, 0.3) is 0 Å². The fourth-order valence-electron chi connectivity index (χ4n) is 2.01. The minimum Gasteiger partial charge on any atom is -0.375 e. The summed E-state index contributed by atoms with van der Waals surface area (Å²) in [7, 11) is -3.21. The third-order valence-corrected chi connectivity index (χ3v) is 5.86. The first-order chi connectivity index (χ1) is 11.3. The summed E-state index contributed by atoms with van der Waals surface area (Å²) < 4.78 is 31.2. The molecule has 1 aromatic rings. The van der Waals surface area contributed by atoms with E-state index in [1.807, 2.05) is 18.2 Å². The smallest absolute Gasteiger partial charge is 0.216 e. The zero-order chi connectivity index (χ0) is 17.9. The Morgan fingerprint density at radius 1 is 0.958 bits per heavy atom. The number of hydrogen-bond acceptors (Lipinski definition) is 4. The van der Waals surface area contributed by atoms with E-state index in [-0.39, 0.29) is 0 Å². The summed E-state index contributed by atoms with van der Waals surface area (Å²) in [6.45, 7) is 8.75. The highest BCUT2D eigenvalue weighted by Crippen LogP contribution is 2.12. The standard InChI is InChI=1S/C18H32N2O3S/c1-18(2,3)24(21,22)20-13-9-5-8-12-19-14-15-23-16-17-10-6-4-7-11-17/h4,6-7,10-11,19-20H,5,8-9,12-16H2,1-3H3. The van der Waals surface area contributed by atoms with E-state index in [1.54, 1.807) is 20.8 Å². The van der Waals surface area contributed by atoms with Gasteiger partial charge >= 0.3 is 0 Å². The van der Waals surface area contributed by atoms with Crippen LogP contribution in [-0.2, 0) is 21.4 Å². The first kappa shape index (κ1) is 21.1. The van der Waals surface area contributed by atoms with Gasteiger partial charge in [-0.05, 0) is 45.7 Å². The summed E-state index contributed by atoms with van der Waals surface area (Å²) in [6.07, 6.45) is 2.90. The van der Waals surface area contributed by atoms with Crippen LogP contribution in [0.2, 0.25) is 0 Å². The van der Waals surface area contributed by atoms with E-state index in [1.165, 1.54) is 5.56 Å². The van der Waals surface area contributed by atoms with E-state index in [2.05, 4.69) is 22.2 Å². The van der Waals surface area contributed by atoms with Crippen molar-refractivity contribution in [3.8, 4) is 0 Å². The van der Waals surface area contributed by atoms with Gasteiger partial charge in [0.2, 0.25) is 10.0 Å². The number of unbranched alkanes of at least 4 members (excludes halogenated alkanes) is 2. The molecule has 0 aromatic heterocycles. The summed E-state index contributed by atoms with van der Waals surface area (Å²) in [5.41, 5.74) is 1.19. The summed E-state index contributed by atoms with van der Waals surface area (Å²) in [5, 5.41) is 3.34. The lowest BCUT2D eigenvalue weighted by Crippen LogP contribution is -2.39. The molecule has 0 amide bonds. The van der Waals surface area contributed by atoms with E-state index in [9.17, 15) is 8.42 Å². The van der Waals surface area contributed by atoms with E-state index >= 15 is 0 Å². The topological polar surface area (TPSA) is 67.4 Å². The SMILES string of the molecule is CC(C)(C)S(=O)(=O)NCCCCCNCCOCc1ccccc1. The molecular weight excluding hydrogens is 324 g/mol. The molecule has 0 fully saturated rings. The molecular formula is C18H32N2O3S. The van der Waals surface area contributed by atoms with Crippen molar-refractivity contribution in [3.05, 3.63) is 35.9 Å². The van der Waals surface area contributed by atoms with Crippen LogP contribution in [0.5, 0.6) is 0 Å². The number of nitrogens with one attached hydrogen (secondary N) is 2. The molecule has 24 heavy (non-hydrogen) atoms. The second-order valence-corrected chi connectivity index (χ2v) is 9.38. The van der Waals surface area contributed by atoms with E-state index in [0.717, 1.165) is 32.4 Å². The summed E-state index contributed by atoms with van der Waals surface area (Å²) in [5.74, 6) is 0. The normalized spacial score (nSPS) is 12.5. The number of hydrogen-bond donors (Lipinski definition) is 2. The number of ether oxygens (including phenoxy) is 1. The van der Waals surface area contributed by atoms with Gasteiger partial charge in [-0.15, -0.1) is 0 Å². The van der Waals surface area contributed by atoms with Crippen LogP contribution in [0.1, 0.15) is 45.6 Å². The molecule has 6 heteroatoms. The fraction of sp³-hybridized carbons (Fsp3) is 0.667. The van der Waals surface area contributed by atoms with E-state index in [0.29, 0.717) is 19.8 Å². The summed E-state index contributed by atoms with van der Waals surface area (Å²) in [6, 6.07) is 10.1. The maximum absolute atomic E-state index is 11.9. The number of sulfonamides is 1. The van der Waals surface area contributed by atoms with Crippen LogP contribution in [0.3, 0.4) is 0 Å². The highest BCUT2D eigenvalue weighted by Gasteiger charge is 2.27. The number of benzene rings is 1. The molecule has 0 aliphatic carbocycles.